The van der Waals surface area contributed by atoms with Gasteiger partial charge in [0.25, 0.3) is 0 Å². The van der Waals surface area contributed by atoms with E-state index in [0.29, 0.717) is 12.3 Å². The van der Waals surface area contributed by atoms with Crippen LogP contribution in [0.25, 0.3) is 0 Å². The molecule has 146 valence electrons. The number of rotatable bonds is 10. The molecule has 0 saturated carbocycles. The SMILES string of the molecule is CCCCCC[C@H]1C[C@@H]([C@@H](CC(C)=O)c2ccccc2)O[C@@H](C(C)C)O1. The minimum Gasteiger partial charge on any atom is -0.349 e. The van der Waals surface area contributed by atoms with Gasteiger partial charge in [-0.05, 0) is 18.9 Å². The van der Waals surface area contributed by atoms with Crippen LogP contribution in [0, 0.1) is 5.92 Å². The van der Waals surface area contributed by atoms with Gasteiger partial charge in [-0.2, -0.15) is 0 Å². The normalized spacial score (nSPS) is 24.6. The minimum absolute atomic E-state index is 0.0404. The average molecular weight is 361 g/mol. The van der Waals surface area contributed by atoms with Crippen molar-refractivity contribution in [3.8, 4) is 0 Å². The third kappa shape index (κ3) is 6.51. The monoisotopic (exact) mass is 360 g/mol. The number of Topliss-reactive ketones (excluding diaryl/α,β-unsaturated/α-hetero) is 1. The second kappa shape index (κ2) is 10.8. The van der Waals surface area contributed by atoms with E-state index in [9.17, 15) is 4.79 Å². The summed E-state index contributed by atoms with van der Waals surface area (Å²) < 4.78 is 12.6. The van der Waals surface area contributed by atoms with Gasteiger partial charge in [0.15, 0.2) is 6.29 Å². The van der Waals surface area contributed by atoms with Crippen molar-refractivity contribution in [3.63, 3.8) is 0 Å². The number of carbonyl (C=O) groups excluding carboxylic acids is 1. The number of ether oxygens (including phenoxy) is 2. The van der Waals surface area contributed by atoms with Crippen LogP contribution < -0.4 is 0 Å². The fraction of sp³-hybridized carbons (Fsp3) is 0.696. The van der Waals surface area contributed by atoms with Gasteiger partial charge in [-0.15, -0.1) is 0 Å². The molecule has 0 spiro atoms. The molecule has 0 aliphatic carbocycles. The standard InChI is InChI=1S/C23H36O3/c1-5-6-7-11-14-20-16-22(26-23(25-20)17(2)3)21(15-18(4)24)19-12-9-8-10-13-19/h8-10,12-13,17,20-23H,5-7,11,14-16H2,1-4H3/t20-,21-,22-,23-/m0/s1. The van der Waals surface area contributed by atoms with E-state index in [1.807, 2.05) is 18.2 Å². The Balaban J connectivity index is 2.12. The van der Waals surface area contributed by atoms with Crippen LogP contribution in [-0.2, 0) is 14.3 Å². The lowest BCUT2D eigenvalue weighted by molar-refractivity contribution is -0.264. The van der Waals surface area contributed by atoms with Gasteiger partial charge in [-0.3, -0.25) is 0 Å². The summed E-state index contributed by atoms with van der Waals surface area (Å²) >= 11 is 0. The molecule has 26 heavy (non-hydrogen) atoms. The van der Waals surface area contributed by atoms with Gasteiger partial charge >= 0.3 is 0 Å². The largest absolute Gasteiger partial charge is 0.349 e. The lowest BCUT2D eigenvalue weighted by Gasteiger charge is -2.41. The molecule has 1 aliphatic heterocycles. The van der Waals surface area contributed by atoms with Crippen LogP contribution in [0.1, 0.15) is 84.1 Å². The zero-order valence-corrected chi connectivity index (χ0v) is 16.9. The van der Waals surface area contributed by atoms with Crippen molar-refractivity contribution in [3.05, 3.63) is 35.9 Å². The summed E-state index contributed by atoms with van der Waals surface area (Å²) in [6.45, 7) is 8.20. The van der Waals surface area contributed by atoms with Crippen molar-refractivity contribution in [1.82, 2.24) is 0 Å². The number of hydrogen-bond donors (Lipinski definition) is 0. The highest BCUT2D eigenvalue weighted by molar-refractivity contribution is 5.76. The van der Waals surface area contributed by atoms with Crippen molar-refractivity contribution in [2.75, 3.05) is 0 Å². The Hall–Kier alpha value is -1.19. The molecule has 1 aromatic rings. The molecule has 4 atom stereocenters. The van der Waals surface area contributed by atoms with Gasteiger partial charge in [0.2, 0.25) is 0 Å². The Morgan fingerprint density at radius 2 is 1.85 bits per heavy atom. The predicted octanol–water partition coefficient (Wildman–Crippen LogP) is 5.88. The summed E-state index contributed by atoms with van der Waals surface area (Å²) in [5, 5.41) is 0. The third-order valence-electron chi connectivity index (χ3n) is 5.24. The summed E-state index contributed by atoms with van der Waals surface area (Å²) in [7, 11) is 0. The van der Waals surface area contributed by atoms with E-state index in [4.69, 9.17) is 9.47 Å². The first kappa shape index (κ1) is 21.1. The van der Waals surface area contributed by atoms with Crippen molar-refractivity contribution in [2.45, 2.75) is 97.1 Å². The van der Waals surface area contributed by atoms with Gasteiger partial charge in [0.1, 0.15) is 5.78 Å². The highest BCUT2D eigenvalue weighted by atomic mass is 16.7. The Bertz CT molecular complexity index is 526. The van der Waals surface area contributed by atoms with Gasteiger partial charge in [-0.25, -0.2) is 0 Å². The molecule has 1 saturated heterocycles. The van der Waals surface area contributed by atoms with Crippen LogP contribution in [0.3, 0.4) is 0 Å². The Labute approximate surface area is 159 Å². The number of carbonyl (C=O) groups is 1. The van der Waals surface area contributed by atoms with Crippen molar-refractivity contribution < 1.29 is 14.3 Å². The molecule has 3 nitrogen and oxygen atoms in total. The summed E-state index contributed by atoms with van der Waals surface area (Å²) in [6.07, 6.45) is 7.60. The third-order valence-corrected chi connectivity index (χ3v) is 5.24. The van der Waals surface area contributed by atoms with Crippen LogP contribution in [0.4, 0.5) is 0 Å². The molecule has 0 bridgehead atoms. The summed E-state index contributed by atoms with van der Waals surface area (Å²) in [5.74, 6) is 0.635. The first-order chi connectivity index (χ1) is 12.5. The molecule has 0 unspecified atom stereocenters. The first-order valence-electron chi connectivity index (χ1n) is 10.4. The molecule has 0 aromatic heterocycles. The second-order valence-corrected chi connectivity index (χ2v) is 8.05. The van der Waals surface area contributed by atoms with E-state index in [0.717, 1.165) is 12.8 Å². The number of ketones is 1. The van der Waals surface area contributed by atoms with E-state index >= 15 is 0 Å². The lowest BCUT2D eigenvalue weighted by Crippen LogP contribution is -2.43. The van der Waals surface area contributed by atoms with Gasteiger partial charge in [-0.1, -0.05) is 76.8 Å². The molecule has 0 radical (unpaired) electrons. The maximum absolute atomic E-state index is 11.9. The molecule has 1 aromatic carbocycles. The Kier molecular flexibility index (Phi) is 8.80. The Morgan fingerprint density at radius 3 is 2.46 bits per heavy atom. The first-order valence-corrected chi connectivity index (χ1v) is 10.4. The van der Waals surface area contributed by atoms with Crippen molar-refractivity contribution in [2.24, 2.45) is 5.92 Å². The molecule has 2 rings (SSSR count). The van der Waals surface area contributed by atoms with Crippen LogP contribution in [0.5, 0.6) is 0 Å². The van der Waals surface area contributed by atoms with E-state index in [1.54, 1.807) is 6.92 Å². The van der Waals surface area contributed by atoms with Crippen LogP contribution in [0.2, 0.25) is 0 Å². The lowest BCUT2D eigenvalue weighted by atomic mass is 9.85. The second-order valence-electron chi connectivity index (χ2n) is 8.05. The van der Waals surface area contributed by atoms with Crippen molar-refractivity contribution >= 4 is 5.78 Å². The molecule has 1 fully saturated rings. The molecular formula is C23H36O3. The summed E-state index contributed by atoms with van der Waals surface area (Å²) in [6, 6.07) is 10.3. The smallest absolute Gasteiger partial charge is 0.160 e. The van der Waals surface area contributed by atoms with E-state index in [2.05, 4.69) is 32.9 Å². The van der Waals surface area contributed by atoms with E-state index < -0.39 is 0 Å². The zero-order chi connectivity index (χ0) is 18.9. The highest BCUT2D eigenvalue weighted by Crippen LogP contribution is 2.36. The molecule has 0 amide bonds. The minimum atomic E-state index is -0.178. The maximum Gasteiger partial charge on any atom is 0.160 e. The van der Waals surface area contributed by atoms with Gasteiger partial charge < -0.3 is 14.3 Å². The number of benzene rings is 1. The zero-order valence-electron chi connectivity index (χ0n) is 16.9. The predicted molar refractivity (Wildman–Crippen MR) is 106 cm³/mol. The molecule has 3 heteroatoms. The topological polar surface area (TPSA) is 35.5 Å². The average Bonchev–Trinajstić information content (AvgIpc) is 2.63. The molecule has 1 heterocycles. The highest BCUT2D eigenvalue weighted by Gasteiger charge is 2.36. The van der Waals surface area contributed by atoms with Crippen molar-refractivity contribution in [1.29, 1.82) is 0 Å². The van der Waals surface area contributed by atoms with Crippen LogP contribution in [0.15, 0.2) is 30.3 Å². The van der Waals surface area contributed by atoms with Crippen LogP contribution in [-0.4, -0.2) is 24.3 Å². The van der Waals surface area contributed by atoms with E-state index in [1.165, 1.54) is 31.2 Å². The molecule has 0 N–H and O–H groups in total. The van der Waals surface area contributed by atoms with E-state index in [-0.39, 0.29) is 30.2 Å². The molecule has 1 aliphatic rings. The summed E-state index contributed by atoms with van der Waals surface area (Å²) in [5.41, 5.74) is 1.20. The summed E-state index contributed by atoms with van der Waals surface area (Å²) in [4.78, 5) is 11.9. The maximum atomic E-state index is 11.9. The number of unbranched alkanes of at least 4 members (excludes halogenated alkanes) is 3. The number of hydrogen-bond acceptors (Lipinski definition) is 3. The fourth-order valence-electron chi connectivity index (χ4n) is 3.80. The molecular weight excluding hydrogens is 324 g/mol. The fourth-order valence-corrected chi connectivity index (χ4v) is 3.80. The van der Waals surface area contributed by atoms with Gasteiger partial charge in [0.05, 0.1) is 12.2 Å². The van der Waals surface area contributed by atoms with Gasteiger partial charge in [0, 0.05) is 24.7 Å². The van der Waals surface area contributed by atoms with Crippen LogP contribution >= 0.6 is 0 Å². The quantitative estimate of drug-likeness (QED) is 0.489. The Morgan fingerprint density at radius 1 is 1.12 bits per heavy atom.